The fraction of sp³-hybridized carbons (Fsp3) is 0.150. The number of carbonyl (C=O) groups is 1. The van der Waals surface area contributed by atoms with E-state index in [-0.39, 0.29) is 5.91 Å². The molecule has 2 heterocycles. The van der Waals surface area contributed by atoms with E-state index < -0.39 is 0 Å². The van der Waals surface area contributed by atoms with E-state index in [9.17, 15) is 4.79 Å². The molecule has 5 nitrogen and oxygen atoms in total. The molecule has 0 aliphatic rings. The molecule has 0 bridgehead atoms. The fourth-order valence-electron chi connectivity index (χ4n) is 2.59. The molecule has 2 N–H and O–H groups in total. The van der Waals surface area contributed by atoms with Gasteiger partial charge >= 0.3 is 0 Å². The first-order valence-electron chi connectivity index (χ1n) is 8.20. The van der Waals surface area contributed by atoms with Gasteiger partial charge in [-0.1, -0.05) is 23.7 Å². The molecular formula is C20H19ClN4O. The summed E-state index contributed by atoms with van der Waals surface area (Å²) in [6.45, 7) is 4.51. The van der Waals surface area contributed by atoms with Gasteiger partial charge in [-0.3, -0.25) is 9.78 Å². The van der Waals surface area contributed by atoms with Gasteiger partial charge < -0.3 is 10.6 Å². The average molecular weight is 367 g/mol. The SMILES string of the molecule is Cc1cc(C)c(NC(=O)c2ccc(NCc3cccnc3)cn2)c(Cl)c1. The maximum atomic E-state index is 12.4. The van der Waals surface area contributed by atoms with Crippen LogP contribution in [-0.2, 0) is 6.54 Å². The summed E-state index contributed by atoms with van der Waals surface area (Å²) in [6, 6.07) is 11.2. The summed E-state index contributed by atoms with van der Waals surface area (Å²) in [5, 5.41) is 6.60. The Morgan fingerprint density at radius 1 is 1.15 bits per heavy atom. The zero-order valence-electron chi connectivity index (χ0n) is 14.6. The summed E-state index contributed by atoms with van der Waals surface area (Å²) < 4.78 is 0. The van der Waals surface area contributed by atoms with E-state index in [0.29, 0.717) is 22.9 Å². The van der Waals surface area contributed by atoms with Crippen molar-refractivity contribution in [2.75, 3.05) is 10.6 Å². The predicted octanol–water partition coefficient (Wildman–Crippen LogP) is 4.61. The van der Waals surface area contributed by atoms with Crippen LogP contribution >= 0.6 is 11.6 Å². The molecular weight excluding hydrogens is 348 g/mol. The van der Waals surface area contributed by atoms with Crippen LogP contribution in [-0.4, -0.2) is 15.9 Å². The van der Waals surface area contributed by atoms with Gasteiger partial charge in [-0.2, -0.15) is 0 Å². The molecule has 0 saturated carbocycles. The first-order valence-corrected chi connectivity index (χ1v) is 8.57. The van der Waals surface area contributed by atoms with Gasteiger partial charge in [0.2, 0.25) is 0 Å². The first-order chi connectivity index (χ1) is 12.5. The Morgan fingerprint density at radius 2 is 2.00 bits per heavy atom. The van der Waals surface area contributed by atoms with Crippen molar-refractivity contribution in [1.29, 1.82) is 0 Å². The van der Waals surface area contributed by atoms with Gasteiger partial charge in [0.1, 0.15) is 5.69 Å². The Kier molecular flexibility index (Phi) is 5.49. The lowest BCUT2D eigenvalue weighted by Gasteiger charge is -2.11. The molecule has 3 aromatic rings. The summed E-state index contributed by atoms with van der Waals surface area (Å²) >= 11 is 6.24. The van der Waals surface area contributed by atoms with Crippen molar-refractivity contribution in [2.24, 2.45) is 0 Å². The molecule has 0 fully saturated rings. The molecule has 1 aromatic carbocycles. The molecule has 0 atom stereocenters. The molecule has 0 saturated heterocycles. The lowest BCUT2D eigenvalue weighted by Crippen LogP contribution is -2.15. The van der Waals surface area contributed by atoms with E-state index in [1.807, 2.05) is 44.2 Å². The molecule has 0 spiro atoms. The van der Waals surface area contributed by atoms with Gasteiger partial charge in [-0.05, 0) is 54.8 Å². The molecule has 0 aliphatic carbocycles. The summed E-state index contributed by atoms with van der Waals surface area (Å²) in [7, 11) is 0. The third-order valence-electron chi connectivity index (χ3n) is 3.89. The van der Waals surface area contributed by atoms with Crippen molar-refractivity contribution in [3.8, 4) is 0 Å². The summed E-state index contributed by atoms with van der Waals surface area (Å²) in [4.78, 5) is 20.7. The van der Waals surface area contributed by atoms with Crippen LogP contribution in [0.25, 0.3) is 0 Å². The van der Waals surface area contributed by atoms with Crippen LogP contribution in [0.1, 0.15) is 27.2 Å². The lowest BCUT2D eigenvalue weighted by atomic mass is 10.1. The van der Waals surface area contributed by atoms with Crippen LogP contribution in [0, 0.1) is 13.8 Å². The smallest absolute Gasteiger partial charge is 0.274 e. The third-order valence-corrected chi connectivity index (χ3v) is 4.18. The van der Waals surface area contributed by atoms with Crippen LogP contribution < -0.4 is 10.6 Å². The Bertz CT molecular complexity index is 888. The number of anilines is 2. The van der Waals surface area contributed by atoms with Crippen molar-refractivity contribution in [3.05, 3.63) is 82.4 Å². The number of nitrogens with one attached hydrogen (secondary N) is 2. The Hall–Kier alpha value is -2.92. The van der Waals surface area contributed by atoms with Crippen LogP contribution in [0.4, 0.5) is 11.4 Å². The Balaban J connectivity index is 1.66. The van der Waals surface area contributed by atoms with E-state index in [4.69, 9.17) is 11.6 Å². The molecule has 2 aromatic heterocycles. The standard InChI is InChI=1S/C20H19ClN4O/c1-13-8-14(2)19(17(21)9-13)25-20(26)18-6-5-16(12-24-18)23-11-15-4-3-7-22-10-15/h3-10,12,23H,11H2,1-2H3,(H,25,26). The number of carbonyl (C=O) groups excluding carboxylic acids is 1. The number of pyridine rings is 2. The second-order valence-corrected chi connectivity index (χ2v) is 6.45. The number of aryl methyl sites for hydroxylation is 2. The highest BCUT2D eigenvalue weighted by Crippen LogP contribution is 2.27. The van der Waals surface area contributed by atoms with Crippen LogP contribution in [0.5, 0.6) is 0 Å². The number of aromatic nitrogens is 2. The highest BCUT2D eigenvalue weighted by atomic mass is 35.5. The summed E-state index contributed by atoms with van der Waals surface area (Å²) in [5.41, 5.74) is 4.80. The van der Waals surface area contributed by atoms with Gasteiger partial charge in [0.05, 0.1) is 22.6 Å². The molecule has 1 amide bonds. The van der Waals surface area contributed by atoms with E-state index >= 15 is 0 Å². The average Bonchev–Trinajstić information content (AvgIpc) is 2.64. The molecule has 132 valence electrons. The fourth-order valence-corrected chi connectivity index (χ4v) is 2.96. The van der Waals surface area contributed by atoms with Crippen LogP contribution in [0.2, 0.25) is 5.02 Å². The zero-order chi connectivity index (χ0) is 18.5. The summed E-state index contributed by atoms with van der Waals surface area (Å²) in [5.74, 6) is -0.294. The second kappa shape index (κ2) is 7.97. The van der Waals surface area contributed by atoms with Gasteiger partial charge in [0, 0.05) is 18.9 Å². The molecule has 26 heavy (non-hydrogen) atoms. The summed E-state index contributed by atoms with van der Waals surface area (Å²) in [6.07, 6.45) is 5.17. The monoisotopic (exact) mass is 366 g/mol. The minimum Gasteiger partial charge on any atom is -0.380 e. The molecule has 0 radical (unpaired) electrons. The van der Waals surface area contributed by atoms with Crippen molar-refractivity contribution in [3.63, 3.8) is 0 Å². The largest absolute Gasteiger partial charge is 0.380 e. The number of hydrogen-bond acceptors (Lipinski definition) is 4. The van der Waals surface area contributed by atoms with E-state index in [1.165, 1.54) is 0 Å². The van der Waals surface area contributed by atoms with Crippen molar-refractivity contribution in [2.45, 2.75) is 20.4 Å². The molecule has 0 unspecified atom stereocenters. The highest BCUT2D eigenvalue weighted by Gasteiger charge is 2.12. The number of hydrogen-bond donors (Lipinski definition) is 2. The van der Waals surface area contributed by atoms with E-state index in [1.54, 1.807) is 24.7 Å². The number of rotatable bonds is 5. The normalized spacial score (nSPS) is 10.4. The second-order valence-electron chi connectivity index (χ2n) is 6.04. The Labute approximate surface area is 157 Å². The number of halogens is 1. The minimum absolute atomic E-state index is 0.294. The van der Waals surface area contributed by atoms with Gasteiger partial charge in [-0.15, -0.1) is 0 Å². The van der Waals surface area contributed by atoms with Crippen LogP contribution in [0.15, 0.2) is 55.0 Å². The third kappa shape index (κ3) is 4.37. The maximum absolute atomic E-state index is 12.4. The van der Waals surface area contributed by atoms with E-state index in [2.05, 4.69) is 20.6 Å². The minimum atomic E-state index is -0.294. The van der Waals surface area contributed by atoms with Gasteiger partial charge in [-0.25, -0.2) is 4.98 Å². The highest BCUT2D eigenvalue weighted by molar-refractivity contribution is 6.34. The first kappa shape index (κ1) is 17.9. The molecule has 0 aliphatic heterocycles. The zero-order valence-corrected chi connectivity index (χ0v) is 15.3. The van der Waals surface area contributed by atoms with Crippen molar-refractivity contribution >= 4 is 28.9 Å². The van der Waals surface area contributed by atoms with Gasteiger partial charge in [0.25, 0.3) is 5.91 Å². The molecule has 6 heteroatoms. The van der Waals surface area contributed by atoms with E-state index in [0.717, 1.165) is 22.4 Å². The quantitative estimate of drug-likeness (QED) is 0.691. The number of amides is 1. The lowest BCUT2D eigenvalue weighted by molar-refractivity contribution is 0.102. The predicted molar refractivity (Wildman–Crippen MR) is 105 cm³/mol. The van der Waals surface area contributed by atoms with Crippen molar-refractivity contribution < 1.29 is 4.79 Å². The van der Waals surface area contributed by atoms with Crippen molar-refractivity contribution in [1.82, 2.24) is 9.97 Å². The van der Waals surface area contributed by atoms with Gasteiger partial charge in [0.15, 0.2) is 0 Å². The maximum Gasteiger partial charge on any atom is 0.274 e. The number of benzene rings is 1. The Morgan fingerprint density at radius 3 is 2.65 bits per heavy atom. The van der Waals surface area contributed by atoms with Crippen LogP contribution in [0.3, 0.4) is 0 Å². The number of nitrogens with zero attached hydrogens (tertiary/aromatic N) is 2. The topological polar surface area (TPSA) is 66.9 Å². The molecule has 3 rings (SSSR count).